The lowest BCUT2D eigenvalue weighted by molar-refractivity contribution is -0.160. The molecule has 0 aliphatic heterocycles. The molecule has 0 radical (unpaired) electrons. The summed E-state index contributed by atoms with van der Waals surface area (Å²) in [6.07, 6.45) is 1.32. The molecule has 0 aliphatic rings. The highest BCUT2D eigenvalue weighted by Gasteiger charge is 2.24. The van der Waals surface area contributed by atoms with Gasteiger partial charge in [-0.2, -0.15) is 0 Å². The van der Waals surface area contributed by atoms with Gasteiger partial charge >= 0.3 is 11.9 Å². The first-order chi connectivity index (χ1) is 10.3. The highest BCUT2D eigenvalue weighted by molar-refractivity contribution is 5.89. The highest BCUT2D eigenvalue weighted by Crippen LogP contribution is 2.18. The van der Waals surface area contributed by atoms with E-state index in [2.05, 4.69) is 0 Å². The highest BCUT2D eigenvalue weighted by atomic mass is 16.6. The SMILES string of the molecule is CCOC(=O)c1ccc(CC(CC)C(=O)OC(C)(C)C)cc1. The molecule has 4 heteroatoms. The molecule has 0 N–H and O–H groups in total. The molecule has 0 bridgehead atoms. The number of hydrogen-bond acceptors (Lipinski definition) is 4. The van der Waals surface area contributed by atoms with E-state index in [0.717, 1.165) is 5.56 Å². The summed E-state index contributed by atoms with van der Waals surface area (Å²) in [5.41, 5.74) is 1.06. The van der Waals surface area contributed by atoms with Crippen molar-refractivity contribution in [3.05, 3.63) is 35.4 Å². The van der Waals surface area contributed by atoms with Gasteiger partial charge in [0, 0.05) is 0 Å². The molecular formula is C18H26O4. The van der Waals surface area contributed by atoms with E-state index in [1.807, 2.05) is 39.8 Å². The van der Waals surface area contributed by atoms with Crippen LogP contribution in [0.15, 0.2) is 24.3 Å². The Morgan fingerprint density at radius 1 is 1.09 bits per heavy atom. The first-order valence-corrected chi connectivity index (χ1v) is 7.75. The molecule has 0 aliphatic carbocycles. The standard InChI is InChI=1S/C18H26O4/c1-6-14(17(20)22-18(3,4)5)12-13-8-10-15(11-9-13)16(19)21-7-2/h8-11,14H,6-7,12H2,1-5H3. The fourth-order valence-corrected chi connectivity index (χ4v) is 2.06. The molecule has 0 spiro atoms. The third kappa shape index (κ3) is 5.88. The number of ether oxygens (including phenoxy) is 2. The van der Waals surface area contributed by atoms with Crippen LogP contribution in [0.25, 0.3) is 0 Å². The summed E-state index contributed by atoms with van der Waals surface area (Å²) in [5.74, 6) is -0.676. The van der Waals surface area contributed by atoms with E-state index in [4.69, 9.17) is 9.47 Å². The van der Waals surface area contributed by atoms with Crippen molar-refractivity contribution in [1.82, 2.24) is 0 Å². The third-order valence-electron chi connectivity index (χ3n) is 3.18. The molecule has 1 aromatic rings. The van der Waals surface area contributed by atoms with Crippen LogP contribution in [0.1, 0.15) is 57.0 Å². The van der Waals surface area contributed by atoms with Crippen molar-refractivity contribution in [1.29, 1.82) is 0 Å². The number of hydrogen-bond donors (Lipinski definition) is 0. The van der Waals surface area contributed by atoms with Crippen molar-refractivity contribution < 1.29 is 19.1 Å². The number of rotatable bonds is 6. The average molecular weight is 306 g/mol. The van der Waals surface area contributed by atoms with Gasteiger partial charge < -0.3 is 9.47 Å². The van der Waals surface area contributed by atoms with Crippen molar-refractivity contribution in [2.75, 3.05) is 6.61 Å². The molecule has 0 aromatic heterocycles. The number of carbonyl (C=O) groups excluding carboxylic acids is 2. The Bertz CT molecular complexity index is 497. The predicted octanol–water partition coefficient (Wildman–Crippen LogP) is 3.77. The third-order valence-corrected chi connectivity index (χ3v) is 3.18. The van der Waals surface area contributed by atoms with E-state index in [1.54, 1.807) is 19.1 Å². The number of carbonyl (C=O) groups is 2. The summed E-state index contributed by atoms with van der Waals surface area (Å²) < 4.78 is 10.4. The molecule has 4 nitrogen and oxygen atoms in total. The van der Waals surface area contributed by atoms with Crippen LogP contribution in [0.5, 0.6) is 0 Å². The molecule has 122 valence electrons. The quantitative estimate of drug-likeness (QED) is 0.751. The Hall–Kier alpha value is -1.84. The lowest BCUT2D eigenvalue weighted by Crippen LogP contribution is -2.29. The van der Waals surface area contributed by atoms with Gasteiger partial charge in [-0.1, -0.05) is 19.1 Å². The summed E-state index contributed by atoms with van der Waals surface area (Å²) in [4.78, 5) is 23.8. The smallest absolute Gasteiger partial charge is 0.338 e. The molecule has 1 aromatic carbocycles. The van der Waals surface area contributed by atoms with Crippen LogP contribution in [-0.4, -0.2) is 24.1 Å². The van der Waals surface area contributed by atoms with Crippen LogP contribution in [0.4, 0.5) is 0 Å². The molecule has 0 heterocycles. The normalized spacial score (nSPS) is 12.6. The van der Waals surface area contributed by atoms with E-state index >= 15 is 0 Å². The maximum atomic E-state index is 12.2. The second-order valence-corrected chi connectivity index (χ2v) is 6.26. The Morgan fingerprint density at radius 3 is 2.14 bits per heavy atom. The lowest BCUT2D eigenvalue weighted by Gasteiger charge is -2.23. The molecule has 0 fully saturated rings. The van der Waals surface area contributed by atoms with E-state index in [1.165, 1.54) is 0 Å². The molecule has 1 unspecified atom stereocenters. The maximum absolute atomic E-state index is 12.2. The Morgan fingerprint density at radius 2 is 1.68 bits per heavy atom. The Balaban J connectivity index is 2.71. The van der Waals surface area contributed by atoms with E-state index in [0.29, 0.717) is 25.0 Å². The molecule has 1 rings (SSSR count). The van der Waals surface area contributed by atoms with E-state index < -0.39 is 5.60 Å². The van der Waals surface area contributed by atoms with Crippen molar-refractivity contribution in [2.45, 2.75) is 53.1 Å². The fourth-order valence-electron chi connectivity index (χ4n) is 2.06. The first kappa shape index (κ1) is 18.2. The zero-order valence-electron chi connectivity index (χ0n) is 14.1. The summed E-state index contributed by atoms with van der Waals surface area (Å²) in [5, 5.41) is 0. The molecular weight excluding hydrogens is 280 g/mol. The first-order valence-electron chi connectivity index (χ1n) is 7.75. The van der Waals surface area contributed by atoms with Crippen LogP contribution in [0.2, 0.25) is 0 Å². The number of benzene rings is 1. The summed E-state index contributed by atoms with van der Waals surface area (Å²) in [7, 11) is 0. The minimum atomic E-state index is -0.474. The predicted molar refractivity (Wildman–Crippen MR) is 85.7 cm³/mol. The average Bonchev–Trinajstić information content (AvgIpc) is 2.43. The van der Waals surface area contributed by atoms with Crippen LogP contribution < -0.4 is 0 Å². The Kier molecular flexibility index (Phi) is 6.60. The van der Waals surface area contributed by atoms with E-state index in [9.17, 15) is 9.59 Å². The minimum absolute atomic E-state index is 0.173. The van der Waals surface area contributed by atoms with Crippen LogP contribution in [-0.2, 0) is 20.7 Å². The molecule has 0 amide bonds. The number of esters is 2. The summed E-state index contributed by atoms with van der Waals surface area (Å²) in [6, 6.07) is 7.18. The van der Waals surface area contributed by atoms with Gasteiger partial charge in [0.25, 0.3) is 0 Å². The second-order valence-electron chi connectivity index (χ2n) is 6.26. The topological polar surface area (TPSA) is 52.6 Å². The molecule has 0 saturated heterocycles. The van der Waals surface area contributed by atoms with Gasteiger partial charge in [-0.25, -0.2) is 4.79 Å². The monoisotopic (exact) mass is 306 g/mol. The second kappa shape index (κ2) is 7.97. The van der Waals surface area contributed by atoms with E-state index in [-0.39, 0.29) is 17.9 Å². The van der Waals surface area contributed by atoms with Gasteiger partial charge in [-0.3, -0.25) is 4.79 Å². The van der Waals surface area contributed by atoms with Gasteiger partial charge in [0.15, 0.2) is 0 Å². The Labute approximate surface area is 132 Å². The van der Waals surface area contributed by atoms with Gasteiger partial charge in [-0.15, -0.1) is 0 Å². The summed E-state index contributed by atoms with van der Waals surface area (Å²) >= 11 is 0. The van der Waals surface area contributed by atoms with Crippen LogP contribution >= 0.6 is 0 Å². The van der Waals surface area contributed by atoms with Gasteiger partial charge in [-0.05, 0) is 58.2 Å². The zero-order valence-corrected chi connectivity index (χ0v) is 14.1. The largest absolute Gasteiger partial charge is 0.462 e. The van der Waals surface area contributed by atoms with Crippen molar-refractivity contribution >= 4 is 11.9 Å². The maximum Gasteiger partial charge on any atom is 0.338 e. The van der Waals surface area contributed by atoms with Crippen LogP contribution in [0, 0.1) is 5.92 Å². The summed E-state index contributed by atoms with van der Waals surface area (Å²) in [6.45, 7) is 9.71. The van der Waals surface area contributed by atoms with Gasteiger partial charge in [0.1, 0.15) is 5.60 Å². The lowest BCUT2D eigenvalue weighted by atomic mass is 9.96. The molecule has 1 atom stereocenters. The van der Waals surface area contributed by atoms with Crippen LogP contribution in [0.3, 0.4) is 0 Å². The van der Waals surface area contributed by atoms with Crippen molar-refractivity contribution in [2.24, 2.45) is 5.92 Å². The zero-order chi connectivity index (χ0) is 16.8. The molecule has 22 heavy (non-hydrogen) atoms. The van der Waals surface area contributed by atoms with Crippen molar-refractivity contribution in [3.63, 3.8) is 0 Å². The minimum Gasteiger partial charge on any atom is -0.462 e. The van der Waals surface area contributed by atoms with Crippen molar-refractivity contribution in [3.8, 4) is 0 Å². The van der Waals surface area contributed by atoms with Gasteiger partial charge in [0.2, 0.25) is 0 Å². The fraction of sp³-hybridized carbons (Fsp3) is 0.556. The van der Waals surface area contributed by atoms with Gasteiger partial charge in [0.05, 0.1) is 18.1 Å². The molecule has 0 saturated carbocycles.